The molecule has 0 bridgehead atoms. The van der Waals surface area contributed by atoms with Crippen LogP contribution in [0.15, 0.2) is 12.2 Å². The van der Waals surface area contributed by atoms with Crippen LogP contribution in [0.1, 0.15) is 13.3 Å². The van der Waals surface area contributed by atoms with Gasteiger partial charge in [0.2, 0.25) is 5.91 Å². The molecule has 0 aliphatic carbocycles. The molecule has 5 nitrogen and oxygen atoms in total. The van der Waals surface area contributed by atoms with E-state index in [0.717, 1.165) is 6.42 Å². The van der Waals surface area contributed by atoms with Crippen LogP contribution in [0, 0.1) is 0 Å². The number of carbonyl (C=O) groups excluding carboxylic acids is 1. The summed E-state index contributed by atoms with van der Waals surface area (Å²) in [6.07, 6.45) is 0.755. The average molecular weight is 207 g/mol. The normalized spacial score (nSPS) is 10.9. The molecule has 6 heteroatoms. The molecule has 13 heavy (non-hydrogen) atoms. The fourth-order valence-electron chi connectivity index (χ4n) is 0.649. The minimum atomic E-state index is -4.15. The SMILES string of the molecule is C=C(CS(=O)(=O)O)C(=O)NCCC. The van der Waals surface area contributed by atoms with Crippen LogP contribution in [0.2, 0.25) is 0 Å². The molecule has 0 rings (SSSR count). The zero-order valence-corrected chi connectivity index (χ0v) is 8.23. The lowest BCUT2D eigenvalue weighted by Gasteiger charge is -2.04. The van der Waals surface area contributed by atoms with Crippen molar-refractivity contribution in [3.8, 4) is 0 Å². The van der Waals surface area contributed by atoms with Crippen LogP contribution in [-0.2, 0) is 14.9 Å². The van der Waals surface area contributed by atoms with Gasteiger partial charge in [0.25, 0.3) is 10.1 Å². The summed E-state index contributed by atoms with van der Waals surface area (Å²) in [4.78, 5) is 11.0. The van der Waals surface area contributed by atoms with E-state index in [1.165, 1.54) is 0 Å². The summed E-state index contributed by atoms with van der Waals surface area (Å²) < 4.78 is 29.1. The van der Waals surface area contributed by atoms with Crippen molar-refractivity contribution in [1.82, 2.24) is 5.32 Å². The van der Waals surface area contributed by atoms with Gasteiger partial charge in [-0.2, -0.15) is 8.42 Å². The quantitative estimate of drug-likeness (QED) is 0.489. The monoisotopic (exact) mass is 207 g/mol. The van der Waals surface area contributed by atoms with Gasteiger partial charge in [-0.05, 0) is 6.42 Å². The topological polar surface area (TPSA) is 83.5 Å². The lowest BCUT2D eigenvalue weighted by Crippen LogP contribution is -2.28. The first-order valence-corrected chi connectivity index (χ1v) is 5.39. The van der Waals surface area contributed by atoms with E-state index < -0.39 is 21.8 Å². The van der Waals surface area contributed by atoms with Crippen LogP contribution in [0.3, 0.4) is 0 Å². The number of amides is 1. The van der Waals surface area contributed by atoms with Gasteiger partial charge in [0.05, 0.1) is 0 Å². The zero-order valence-electron chi connectivity index (χ0n) is 7.41. The third-order valence-corrected chi connectivity index (χ3v) is 1.93. The largest absolute Gasteiger partial charge is 0.352 e. The second-order valence-electron chi connectivity index (χ2n) is 2.59. The Balaban J connectivity index is 4.06. The Kier molecular flexibility index (Phi) is 4.64. The molecule has 0 aliphatic heterocycles. The van der Waals surface area contributed by atoms with E-state index in [0.29, 0.717) is 6.54 Å². The third-order valence-electron chi connectivity index (χ3n) is 1.21. The van der Waals surface area contributed by atoms with Gasteiger partial charge in [-0.3, -0.25) is 9.35 Å². The van der Waals surface area contributed by atoms with Gasteiger partial charge in [-0.1, -0.05) is 13.5 Å². The van der Waals surface area contributed by atoms with Crippen LogP contribution >= 0.6 is 0 Å². The standard InChI is InChI=1S/C7H13NO4S/c1-3-4-8-7(9)6(2)5-13(10,11)12/h2-5H2,1H3,(H,8,9)(H,10,11,12). The van der Waals surface area contributed by atoms with Gasteiger partial charge in [-0.25, -0.2) is 0 Å². The van der Waals surface area contributed by atoms with Crippen LogP contribution < -0.4 is 5.32 Å². The minimum absolute atomic E-state index is 0.157. The predicted molar refractivity (Wildman–Crippen MR) is 48.9 cm³/mol. The fourth-order valence-corrected chi connectivity index (χ4v) is 1.22. The van der Waals surface area contributed by atoms with Crippen molar-refractivity contribution in [3.05, 3.63) is 12.2 Å². The maximum absolute atomic E-state index is 11.0. The number of nitrogens with one attached hydrogen (secondary N) is 1. The van der Waals surface area contributed by atoms with E-state index in [4.69, 9.17) is 4.55 Å². The van der Waals surface area contributed by atoms with Crippen molar-refractivity contribution in [2.75, 3.05) is 12.3 Å². The Hall–Kier alpha value is -0.880. The van der Waals surface area contributed by atoms with Gasteiger partial charge in [0, 0.05) is 12.1 Å². The molecule has 0 unspecified atom stereocenters. The van der Waals surface area contributed by atoms with E-state index in [1.54, 1.807) is 0 Å². The number of rotatable bonds is 5. The molecule has 0 radical (unpaired) electrons. The molecule has 0 heterocycles. The molecule has 0 saturated carbocycles. The Morgan fingerprint density at radius 3 is 2.46 bits per heavy atom. The molecule has 76 valence electrons. The summed E-state index contributed by atoms with van der Waals surface area (Å²) in [7, 11) is -4.15. The Morgan fingerprint density at radius 2 is 2.08 bits per heavy atom. The van der Waals surface area contributed by atoms with Gasteiger partial charge >= 0.3 is 0 Å². The van der Waals surface area contributed by atoms with Crippen molar-refractivity contribution in [2.45, 2.75) is 13.3 Å². The van der Waals surface area contributed by atoms with Crippen molar-refractivity contribution in [3.63, 3.8) is 0 Å². The maximum atomic E-state index is 11.0. The molecular formula is C7H13NO4S. The fraction of sp³-hybridized carbons (Fsp3) is 0.571. The molecule has 0 aromatic rings. The smallest absolute Gasteiger partial charge is 0.269 e. The third kappa shape index (κ3) is 6.30. The van der Waals surface area contributed by atoms with Crippen LogP contribution in [0.5, 0.6) is 0 Å². The molecule has 0 aliphatic rings. The minimum Gasteiger partial charge on any atom is -0.352 e. The molecular weight excluding hydrogens is 194 g/mol. The molecule has 1 amide bonds. The van der Waals surface area contributed by atoms with E-state index in [-0.39, 0.29) is 5.57 Å². The highest BCUT2D eigenvalue weighted by Crippen LogP contribution is 1.95. The molecule has 0 atom stereocenters. The van der Waals surface area contributed by atoms with Gasteiger partial charge < -0.3 is 5.32 Å². The van der Waals surface area contributed by atoms with E-state index in [9.17, 15) is 13.2 Å². The summed E-state index contributed by atoms with van der Waals surface area (Å²) in [5, 5.41) is 2.44. The maximum Gasteiger partial charge on any atom is 0.269 e. The molecule has 0 aromatic carbocycles. The van der Waals surface area contributed by atoms with Crippen molar-refractivity contribution < 1.29 is 17.8 Å². The summed E-state index contributed by atoms with van der Waals surface area (Å²) in [5.74, 6) is -1.26. The first-order chi connectivity index (χ1) is 5.87. The van der Waals surface area contributed by atoms with Crippen molar-refractivity contribution >= 4 is 16.0 Å². The lowest BCUT2D eigenvalue weighted by molar-refractivity contribution is -0.117. The summed E-state index contributed by atoms with van der Waals surface area (Å²) in [6.45, 7) is 5.57. The first kappa shape index (κ1) is 12.1. The highest BCUT2D eigenvalue weighted by atomic mass is 32.2. The van der Waals surface area contributed by atoms with Crippen molar-refractivity contribution in [2.24, 2.45) is 0 Å². The van der Waals surface area contributed by atoms with Crippen LogP contribution in [0.25, 0.3) is 0 Å². The highest BCUT2D eigenvalue weighted by Gasteiger charge is 2.13. The Bertz CT molecular complexity index is 294. The Morgan fingerprint density at radius 1 is 1.54 bits per heavy atom. The average Bonchev–Trinajstić information content (AvgIpc) is 1.96. The second kappa shape index (κ2) is 4.98. The summed E-state index contributed by atoms with van der Waals surface area (Å²) >= 11 is 0. The van der Waals surface area contributed by atoms with Crippen LogP contribution in [-0.4, -0.2) is 31.2 Å². The van der Waals surface area contributed by atoms with Crippen molar-refractivity contribution in [1.29, 1.82) is 0 Å². The molecule has 0 aromatic heterocycles. The zero-order chi connectivity index (χ0) is 10.5. The van der Waals surface area contributed by atoms with E-state index in [2.05, 4.69) is 11.9 Å². The van der Waals surface area contributed by atoms with Gasteiger partial charge in [0.1, 0.15) is 5.75 Å². The van der Waals surface area contributed by atoms with Gasteiger partial charge in [-0.15, -0.1) is 0 Å². The predicted octanol–water partition coefficient (Wildman–Crippen LogP) is -0.0434. The van der Waals surface area contributed by atoms with E-state index in [1.807, 2.05) is 6.92 Å². The summed E-state index contributed by atoms with van der Waals surface area (Å²) in [6, 6.07) is 0. The second-order valence-corrected chi connectivity index (χ2v) is 4.04. The number of carbonyl (C=O) groups is 1. The highest BCUT2D eigenvalue weighted by molar-refractivity contribution is 7.86. The number of hydrogen-bond donors (Lipinski definition) is 2. The Labute approximate surface area is 77.6 Å². The lowest BCUT2D eigenvalue weighted by atomic mass is 10.3. The molecule has 0 fully saturated rings. The van der Waals surface area contributed by atoms with E-state index >= 15 is 0 Å². The van der Waals surface area contributed by atoms with Crippen LogP contribution in [0.4, 0.5) is 0 Å². The molecule has 0 saturated heterocycles. The molecule has 0 spiro atoms. The van der Waals surface area contributed by atoms with Gasteiger partial charge in [0.15, 0.2) is 0 Å². The first-order valence-electron chi connectivity index (χ1n) is 3.78. The molecule has 2 N–H and O–H groups in total. The summed E-state index contributed by atoms with van der Waals surface area (Å²) in [5.41, 5.74) is -0.157. The number of hydrogen-bond acceptors (Lipinski definition) is 3.